The summed E-state index contributed by atoms with van der Waals surface area (Å²) in [6.07, 6.45) is 0.833. The lowest BCUT2D eigenvalue weighted by atomic mass is 9.87. The third-order valence-corrected chi connectivity index (χ3v) is 3.55. The first-order valence-electron chi connectivity index (χ1n) is 5.26. The van der Waals surface area contributed by atoms with E-state index in [1.165, 1.54) is 0 Å². The van der Waals surface area contributed by atoms with Gasteiger partial charge in [-0.15, -0.1) is 0 Å². The highest BCUT2D eigenvalue weighted by atomic mass is 35.5. The Kier molecular flexibility index (Phi) is 3.01. The third kappa shape index (κ3) is 2.33. The van der Waals surface area contributed by atoms with E-state index in [0.29, 0.717) is 6.54 Å². The second-order valence-corrected chi connectivity index (χ2v) is 4.89. The fourth-order valence-corrected chi connectivity index (χ4v) is 2.30. The first-order chi connectivity index (χ1) is 7.09. The number of β-amino-alcohol motifs (C(OH)–C–C–N with tert-alkyl or cyclic N) is 1. The molecule has 1 heterocycles. The summed E-state index contributed by atoms with van der Waals surface area (Å²) in [5.74, 6) is 0.248. The van der Waals surface area contributed by atoms with Crippen LogP contribution in [0.4, 0.5) is 0 Å². The number of rotatable bonds is 2. The summed E-state index contributed by atoms with van der Waals surface area (Å²) in [7, 11) is 0. The van der Waals surface area contributed by atoms with Gasteiger partial charge in [0.1, 0.15) is 0 Å². The third-order valence-electron chi connectivity index (χ3n) is 3.18. The van der Waals surface area contributed by atoms with E-state index >= 15 is 0 Å². The molecule has 0 saturated carbocycles. The summed E-state index contributed by atoms with van der Waals surface area (Å²) in [5, 5.41) is 14.1. The van der Waals surface area contributed by atoms with Gasteiger partial charge in [0.2, 0.25) is 0 Å². The average molecular weight is 226 g/mol. The molecular weight excluding hydrogens is 210 g/mol. The largest absolute Gasteiger partial charge is 0.389 e. The summed E-state index contributed by atoms with van der Waals surface area (Å²) < 4.78 is 0. The molecule has 3 heteroatoms. The van der Waals surface area contributed by atoms with E-state index in [4.69, 9.17) is 11.6 Å². The first kappa shape index (κ1) is 10.9. The summed E-state index contributed by atoms with van der Waals surface area (Å²) in [4.78, 5) is 0. The molecule has 1 aliphatic rings. The molecule has 2 unspecified atom stereocenters. The molecule has 0 bridgehead atoms. The number of aliphatic hydroxyl groups is 1. The van der Waals surface area contributed by atoms with E-state index in [2.05, 4.69) is 5.32 Å². The van der Waals surface area contributed by atoms with Crippen LogP contribution in [0.3, 0.4) is 0 Å². The predicted molar refractivity (Wildman–Crippen MR) is 62.1 cm³/mol. The quantitative estimate of drug-likeness (QED) is 0.805. The molecular formula is C12H16ClNO. The average Bonchev–Trinajstić information content (AvgIpc) is 2.50. The van der Waals surface area contributed by atoms with E-state index in [9.17, 15) is 5.11 Å². The molecule has 0 spiro atoms. The summed E-state index contributed by atoms with van der Waals surface area (Å²) in [6.45, 7) is 3.41. The molecule has 0 amide bonds. The molecule has 2 N–H and O–H groups in total. The minimum absolute atomic E-state index is 0.248. The normalized spacial score (nSPS) is 30.7. The van der Waals surface area contributed by atoms with Crippen LogP contribution in [0, 0.1) is 5.92 Å². The Hall–Kier alpha value is -0.570. The zero-order chi connectivity index (χ0) is 10.9. The van der Waals surface area contributed by atoms with Crippen LogP contribution in [0.5, 0.6) is 0 Å². The monoisotopic (exact) mass is 225 g/mol. The molecule has 15 heavy (non-hydrogen) atoms. The zero-order valence-corrected chi connectivity index (χ0v) is 9.59. The van der Waals surface area contributed by atoms with Crippen molar-refractivity contribution in [2.75, 3.05) is 13.1 Å². The van der Waals surface area contributed by atoms with Gasteiger partial charge in [-0.05, 0) is 25.0 Å². The Morgan fingerprint density at radius 1 is 1.53 bits per heavy atom. The van der Waals surface area contributed by atoms with Gasteiger partial charge in [-0.25, -0.2) is 0 Å². The smallest absolute Gasteiger partial charge is 0.0786 e. The van der Waals surface area contributed by atoms with Crippen LogP contribution in [0.15, 0.2) is 24.3 Å². The van der Waals surface area contributed by atoms with Crippen molar-refractivity contribution in [2.24, 2.45) is 5.92 Å². The lowest BCUT2D eigenvalue weighted by Gasteiger charge is -2.24. The molecule has 82 valence electrons. The molecule has 1 aromatic carbocycles. The SMILES string of the molecule is CC1(O)CNCC1Cc1ccccc1Cl. The molecule has 2 atom stereocenters. The lowest BCUT2D eigenvalue weighted by molar-refractivity contribution is 0.0363. The number of nitrogens with one attached hydrogen (secondary N) is 1. The minimum Gasteiger partial charge on any atom is -0.389 e. The van der Waals surface area contributed by atoms with Gasteiger partial charge < -0.3 is 10.4 Å². The second kappa shape index (κ2) is 4.12. The van der Waals surface area contributed by atoms with E-state index in [-0.39, 0.29) is 5.92 Å². The number of hydrogen-bond donors (Lipinski definition) is 2. The maximum Gasteiger partial charge on any atom is 0.0786 e. The fourth-order valence-electron chi connectivity index (χ4n) is 2.09. The van der Waals surface area contributed by atoms with Gasteiger partial charge in [0.15, 0.2) is 0 Å². The van der Waals surface area contributed by atoms with Gasteiger partial charge in [-0.2, -0.15) is 0 Å². The van der Waals surface area contributed by atoms with Crippen molar-refractivity contribution in [3.8, 4) is 0 Å². The Morgan fingerprint density at radius 2 is 2.27 bits per heavy atom. The van der Waals surface area contributed by atoms with Crippen molar-refractivity contribution in [3.05, 3.63) is 34.9 Å². The number of hydrogen-bond acceptors (Lipinski definition) is 2. The topological polar surface area (TPSA) is 32.3 Å². The highest BCUT2D eigenvalue weighted by Gasteiger charge is 2.36. The summed E-state index contributed by atoms with van der Waals surface area (Å²) >= 11 is 6.09. The van der Waals surface area contributed by atoms with Crippen LogP contribution < -0.4 is 5.32 Å². The zero-order valence-electron chi connectivity index (χ0n) is 8.83. The molecule has 0 aromatic heterocycles. The Morgan fingerprint density at radius 3 is 2.87 bits per heavy atom. The van der Waals surface area contributed by atoms with Gasteiger partial charge in [0.25, 0.3) is 0 Å². The van der Waals surface area contributed by atoms with Crippen molar-refractivity contribution < 1.29 is 5.11 Å². The van der Waals surface area contributed by atoms with Crippen LogP contribution >= 0.6 is 11.6 Å². The molecule has 0 radical (unpaired) electrons. The molecule has 2 rings (SSSR count). The molecule has 1 fully saturated rings. The van der Waals surface area contributed by atoms with Gasteiger partial charge in [0, 0.05) is 24.0 Å². The van der Waals surface area contributed by atoms with Crippen LogP contribution in [0.1, 0.15) is 12.5 Å². The second-order valence-electron chi connectivity index (χ2n) is 4.48. The Bertz CT molecular complexity index is 351. The van der Waals surface area contributed by atoms with Crippen molar-refractivity contribution >= 4 is 11.6 Å². The highest BCUT2D eigenvalue weighted by Crippen LogP contribution is 2.27. The highest BCUT2D eigenvalue weighted by molar-refractivity contribution is 6.31. The van der Waals surface area contributed by atoms with E-state index in [1.54, 1.807) is 0 Å². The number of halogens is 1. The maximum atomic E-state index is 10.1. The first-order valence-corrected chi connectivity index (χ1v) is 5.64. The van der Waals surface area contributed by atoms with Gasteiger partial charge in [0.05, 0.1) is 5.60 Å². The standard InChI is InChI=1S/C12H16ClNO/c1-12(15)8-14-7-10(12)6-9-4-2-3-5-11(9)13/h2-5,10,14-15H,6-8H2,1H3. The van der Waals surface area contributed by atoms with Crippen LogP contribution in [0.2, 0.25) is 5.02 Å². The molecule has 2 nitrogen and oxygen atoms in total. The van der Waals surface area contributed by atoms with Crippen LogP contribution in [-0.2, 0) is 6.42 Å². The van der Waals surface area contributed by atoms with E-state index in [0.717, 1.165) is 23.6 Å². The van der Waals surface area contributed by atoms with Crippen molar-refractivity contribution in [2.45, 2.75) is 18.9 Å². The predicted octanol–water partition coefficient (Wildman–Crippen LogP) is 1.85. The Labute approximate surface area is 95.3 Å². The van der Waals surface area contributed by atoms with Crippen molar-refractivity contribution in [1.82, 2.24) is 5.32 Å². The maximum absolute atomic E-state index is 10.1. The minimum atomic E-state index is -0.612. The van der Waals surface area contributed by atoms with E-state index < -0.39 is 5.60 Å². The Balaban J connectivity index is 2.12. The van der Waals surface area contributed by atoms with Gasteiger partial charge in [-0.1, -0.05) is 29.8 Å². The molecule has 1 saturated heterocycles. The summed E-state index contributed by atoms with van der Waals surface area (Å²) in [5.41, 5.74) is 0.507. The van der Waals surface area contributed by atoms with E-state index in [1.807, 2.05) is 31.2 Å². The number of benzene rings is 1. The lowest BCUT2D eigenvalue weighted by Crippen LogP contribution is -2.35. The molecule has 0 aliphatic carbocycles. The fraction of sp³-hybridized carbons (Fsp3) is 0.500. The summed E-state index contributed by atoms with van der Waals surface area (Å²) in [6, 6.07) is 7.83. The van der Waals surface area contributed by atoms with Crippen molar-refractivity contribution in [1.29, 1.82) is 0 Å². The molecule has 1 aliphatic heterocycles. The van der Waals surface area contributed by atoms with Crippen LogP contribution in [-0.4, -0.2) is 23.8 Å². The van der Waals surface area contributed by atoms with Gasteiger partial charge >= 0.3 is 0 Å². The van der Waals surface area contributed by atoms with Crippen molar-refractivity contribution in [3.63, 3.8) is 0 Å². The van der Waals surface area contributed by atoms with Gasteiger partial charge in [-0.3, -0.25) is 0 Å². The molecule has 1 aromatic rings. The van der Waals surface area contributed by atoms with Crippen LogP contribution in [0.25, 0.3) is 0 Å².